The van der Waals surface area contributed by atoms with E-state index in [4.69, 9.17) is 16.3 Å². The highest BCUT2D eigenvalue weighted by Crippen LogP contribution is 2.22. The molecule has 2 rings (SSSR count). The highest BCUT2D eigenvalue weighted by atomic mass is 35.5. The number of halogens is 1. The van der Waals surface area contributed by atoms with Crippen molar-refractivity contribution in [1.82, 2.24) is 10.2 Å². The standard InChI is InChI=1S/C20H26ClN3O6/c1-13(2)18(20(27)30-12-17(25)23-9-5-3-4-6-10-23)22-19(26)15-11-14(24(28)29)7-8-16(15)21/h7-8,11,13,18H,3-6,9-10,12H2,1-2H3,(H,22,26)/t18-/m0/s1. The monoisotopic (exact) mass is 439 g/mol. The van der Waals surface area contributed by atoms with Crippen molar-refractivity contribution >= 4 is 35.1 Å². The molecule has 1 saturated heterocycles. The number of benzene rings is 1. The molecule has 0 saturated carbocycles. The summed E-state index contributed by atoms with van der Waals surface area (Å²) in [5, 5.41) is 13.5. The molecule has 30 heavy (non-hydrogen) atoms. The van der Waals surface area contributed by atoms with Crippen LogP contribution in [0.15, 0.2) is 18.2 Å². The molecule has 10 heteroatoms. The third kappa shape index (κ3) is 6.41. The van der Waals surface area contributed by atoms with Gasteiger partial charge >= 0.3 is 5.97 Å². The summed E-state index contributed by atoms with van der Waals surface area (Å²) in [6.07, 6.45) is 4.00. The van der Waals surface area contributed by atoms with E-state index < -0.39 is 29.4 Å². The van der Waals surface area contributed by atoms with E-state index in [-0.39, 0.29) is 28.1 Å². The largest absolute Gasteiger partial charge is 0.454 e. The van der Waals surface area contributed by atoms with Gasteiger partial charge in [0.15, 0.2) is 6.61 Å². The van der Waals surface area contributed by atoms with Gasteiger partial charge < -0.3 is 15.0 Å². The van der Waals surface area contributed by atoms with E-state index >= 15 is 0 Å². The number of rotatable bonds is 7. The Morgan fingerprint density at radius 1 is 1.20 bits per heavy atom. The van der Waals surface area contributed by atoms with Crippen LogP contribution in [0.1, 0.15) is 49.9 Å². The van der Waals surface area contributed by atoms with E-state index in [0.717, 1.165) is 31.7 Å². The van der Waals surface area contributed by atoms with Crippen LogP contribution in [-0.4, -0.2) is 53.3 Å². The van der Waals surface area contributed by atoms with Crippen LogP contribution in [-0.2, 0) is 14.3 Å². The predicted octanol–water partition coefficient (Wildman–Crippen LogP) is 2.95. The molecule has 0 bridgehead atoms. The van der Waals surface area contributed by atoms with Crippen molar-refractivity contribution in [2.24, 2.45) is 5.92 Å². The molecule has 1 aromatic rings. The minimum atomic E-state index is -1.04. The minimum Gasteiger partial charge on any atom is -0.454 e. The van der Waals surface area contributed by atoms with Gasteiger partial charge in [-0.25, -0.2) is 4.79 Å². The zero-order valence-corrected chi connectivity index (χ0v) is 17.8. The van der Waals surface area contributed by atoms with E-state index in [1.165, 1.54) is 12.1 Å². The summed E-state index contributed by atoms with van der Waals surface area (Å²) in [4.78, 5) is 49.4. The lowest BCUT2D eigenvalue weighted by Gasteiger charge is -2.23. The maximum Gasteiger partial charge on any atom is 0.329 e. The minimum absolute atomic E-state index is 0.0188. The maximum atomic E-state index is 12.6. The molecule has 1 fully saturated rings. The summed E-state index contributed by atoms with van der Waals surface area (Å²) in [6, 6.07) is 2.44. The Morgan fingerprint density at radius 3 is 2.40 bits per heavy atom. The van der Waals surface area contributed by atoms with Crippen molar-refractivity contribution in [3.8, 4) is 0 Å². The molecule has 1 aliphatic rings. The van der Waals surface area contributed by atoms with Gasteiger partial charge in [0.25, 0.3) is 17.5 Å². The van der Waals surface area contributed by atoms with Crippen LogP contribution >= 0.6 is 11.6 Å². The number of likely N-dealkylation sites (tertiary alicyclic amines) is 1. The molecule has 1 heterocycles. The third-order valence-electron chi connectivity index (χ3n) is 4.91. The SMILES string of the molecule is CC(C)[C@H](NC(=O)c1cc([N+](=O)[O-])ccc1Cl)C(=O)OCC(=O)N1CCCCCC1. The van der Waals surface area contributed by atoms with E-state index in [0.29, 0.717) is 13.1 Å². The van der Waals surface area contributed by atoms with Gasteiger partial charge in [0.2, 0.25) is 0 Å². The average Bonchev–Trinajstić information content (AvgIpc) is 2.99. The lowest BCUT2D eigenvalue weighted by Crippen LogP contribution is -2.46. The summed E-state index contributed by atoms with van der Waals surface area (Å²) in [5.74, 6) is -2.09. The summed E-state index contributed by atoms with van der Waals surface area (Å²) in [5.41, 5.74) is -0.416. The average molecular weight is 440 g/mol. The first-order valence-electron chi connectivity index (χ1n) is 9.90. The molecule has 1 aliphatic heterocycles. The topological polar surface area (TPSA) is 119 Å². The second-order valence-electron chi connectivity index (χ2n) is 7.52. The number of non-ortho nitro benzene ring substituents is 1. The fourth-order valence-corrected chi connectivity index (χ4v) is 3.35. The zero-order chi connectivity index (χ0) is 22.3. The van der Waals surface area contributed by atoms with Crippen LogP contribution in [0.4, 0.5) is 5.69 Å². The molecular formula is C20H26ClN3O6. The summed E-state index contributed by atoms with van der Waals surface area (Å²) < 4.78 is 5.16. The normalized spacial score (nSPS) is 15.3. The molecule has 1 atom stereocenters. The fourth-order valence-electron chi connectivity index (χ4n) is 3.15. The van der Waals surface area contributed by atoms with Crippen LogP contribution in [0.3, 0.4) is 0 Å². The number of nitro groups is 1. The van der Waals surface area contributed by atoms with Gasteiger partial charge in [-0.1, -0.05) is 38.3 Å². The number of ether oxygens (including phenoxy) is 1. The van der Waals surface area contributed by atoms with Gasteiger partial charge in [-0.05, 0) is 24.8 Å². The van der Waals surface area contributed by atoms with Crippen molar-refractivity contribution in [3.05, 3.63) is 38.9 Å². The number of esters is 1. The van der Waals surface area contributed by atoms with Gasteiger partial charge in [-0.15, -0.1) is 0 Å². The second-order valence-corrected chi connectivity index (χ2v) is 7.93. The molecule has 0 aromatic heterocycles. The van der Waals surface area contributed by atoms with E-state index in [9.17, 15) is 24.5 Å². The highest BCUT2D eigenvalue weighted by molar-refractivity contribution is 6.34. The van der Waals surface area contributed by atoms with Gasteiger partial charge in [-0.2, -0.15) is 0 Å². The molecule has 2 amide bonds. The summed E-state index contributed by atoms with van der Waals surface area (Å²) in [6.45, 7) is 4.31. The molecule has 1 N–H and O–H groups in total. The van der Waals surface area contributed by atoms with Gasteiger partial charge in [0, 0.05) is 25.2 Å². The van der Waals surface area contributed by atoms with Crippen LogP contribution in [0, 0.1) is 16.0 Å². The predicted molar refractivity (Wildman–Crippen MR) is 110 cm³/mol. The first-order valence-corrected chi connectivity index (χ1v) is 10.3. The van der Waals surface area contributed by atoms with Gasteiger partial charge in [0.05, 0.1) is 15.5 Å². The van der Waals surface area contributed by atoms with Gasteiger partial charge in [0.1, 0.15) is 6.04 Å². The zero-order valence-electron chi connectivity index (χ0n) is 17.1. The third-order valence-corrected chi connectivity index (χ3v) is 5.24. The number of hydrogen-bond donors (Lipinski definition) is 1. The van der Waals surface area contributed by atoms with E-state index in [2.05, 4.69) is 5.32 Å². The molecule has 0 unspecified atom stereocenters. The quantitative estimate of drug-likeness (QED) is 0.396. The number of nitrogens with one attached hydrogen (secondary N) is 1. The van der Waals surface area contributed by atoms with Crippen molar-refractivity contribution in [2.45, 2.75) is 45.6 Å². The van der Waals surface area contributed by atoms with Crippen molar-refractivity contribution in [2.75, 3.05) is 19.7 Å². The Hall–Kier alpha value is -2.68. The van der Waals surface area contributed by atoms with E-state index in [1.807, 2.05) is 0 Å². The lowest BCUT2D eigenvalue weighted by atomic mass is 10.0. The van der Waals surface area contributed by atoms with Crippen LogP contribution < -0.4 is 5.32 Å². The molecule has 1 aromatic carbocycles. The second kappa shape index (κ2) is 10.9. The molecule has 0 aliphatic carbocycles. The Kier molecular flexibility index (Phi) is 8.58. The first-order chi connectivity index (χ1) is 14.2. The number of amides is 2. The fraction of sp³-hybridized carbons (Fsp3) is 0.550. The van der Waals surface area contributed by atoms with Crippen LogP contribution in [0.2, 0.25) is 5.02 Å². The lowest BCUT2D eigenvalue weighted by molar-refractivity contribution is -0.384. The van der Waals surface area contributed by atoms with Crippen molar-refractivity contribution in [3.63, 3.8) is 0 Å². The van der Waals surface area contributed by atoms with Crippen molar-refractivity contribution < 1.29 is 24.0 Å². The number of nitrogens with zero attached hydrogens (tertiary/aromatic N) is 2. The number of carbonyl (C=O) groups is 3. The number of carbonyl (C=O) groups excluding carboxylic acids is 3. The van der Waals surface area contributed by atoms with Crippen molar-refractivity contribution in [1.29, 1.82) is 0 Å². The molecule has 0 spiro atoms. The van der Waals surface area contributed by atoms with Crippen LogP contribution in [0.25, 0.3) is 0 Å². The van der Waals surface area contributed by atoms with E-state index in [1.54, 1.807) is 18.7 Å². The molecule has 9 nitrogen and oxygen atoms in total. The smallest absolute Gasteiger partial charge is 0.329 e. The number of hydrogen-bond acceptors (Lipinski definition) is 6. The van der Waals surface area contributed by atoms with Gasteiger partial charge in [-0.3, -0.25) is 19.7 Å². The molecule has 0 radical (unpaired) electrons. The summed E-state index contributed by atoms with van der Waals surface area (Å²) in [7, 11) is 0. The Bertz CT molecular complexity index is 806. The Labute approximate surface area is 179 Å². The Balaban J connectivity index is 2.02. The molecule has 164 valence electrons. The Morgan fingerprint density at radius 2 is 1.83 bits per heavy atom. The number of nitro benzene ring substituents is 1. The highest BCUT2D eigenvalue weighted by Gasteiger charge is 2.28. The first kappa shape index (κ1) is 23.6. The summed E-state index contributed by atoms with van der Waals surface area (Å²) >= 11 is 5.99. The molecular weight excluding hydrogens is 414 g/mol. The maximum absolute atomic E-state index is 12.6. The van der Waals surface area contributed by atoms with Crippen LogP contribution in [0.5, 0.6) is 0 Å².